The lowest BCUT2D eigenvalue weighted by molar-refractivity contribution is -0.384. The number of thiazole rings is 1. The van der Waals surface area contributed by atoms with Crippen molar-refractivity contribution in [3.8, 4) is 11.3 Å². The third-order valence-electron chi connectivity index (χ3n) is 3.92. The van der Waals surface area contributed by atoms with E-state index in [2.05, 4.69) is 15.6 Å². The number of rotatable bonds is 6. The normalized spacial score (nSPS) is 10.4. The quantitative estimate of drug-likeness (QED) is 0.448. The zero-order valence-corrected chi connectivity index (χ0v) is 16.7. The van der Waals surface area contributed by atoms with Gasteiger partial charge in [-0.05, 0) is 17.7 Å². The van der Waals surface area contributed by atoms with Gasteiger partial charge >= 0.3 is 0 Å². The topological polar surface area (TPSA) is 114 Å². The van der Waals surface area contributed by atoms with Crippen LogP contribution in [0.2, 0.25) is 5.02 Å². The fraction of sp³-hybridized carbons (Fsp3) is 0.105. The van der Waals surface area contributed by atoms with Crippen molar-refractivity contribution >= 4 is 45.6 Å². The molecule has 0 radical (unpaired) electrons. The van der Waals surface area contributed by atoms with Gasteiger partial charge in [-0.2, -0.15) is 0 Å². The number of amides is 2. The zero-order valence-electron chi connectivity index (χ0n) is 15.1. The predicted octanol–water partition coefficient (Wildman–Crippen LogP) is 4.26. The first-order valence-electron chi connectivity index (χ1n) is 8.38. The molecule has 0 unspecified atom stereocenters. The van der Waals surface area contributed by atoms with Crippen LogP contribution in [0.3, 0.4) is 0 Å². The van der Waals surface area contributed by atoms with Crippen molar-refractivity contribution in [1.82, 2.24) is 10.3 Å². The number of anilines is 1. The van der Waals surface area contributed by atoms with Crippen LogP contribution in [0.4, 0.5) is 10.8 Å². The van der Waals surface area contributed by atoms with Crippen molar-refractivity contribution in [3.63, 3.8) is 0 Å². The average molecular weight is 431 g/mol. The van der Waals surface area contributed by atoms with E-state index in [1.54, 1.807) is 5.38 Å². The van der Waals surface area contributed by atoms with Crippen molar-refractivity contribution in [1.29, 1.82) is 0 Å². The number of hydrogen-bond acceptors (Lipinski definition) is 6. The van der Waals surface area contributed by atoms with Gasteiger partial charge in [0.2, 0.25) is 5.91 Å². The average Bonchev–Trinajstić information content (AvgIpc) is 3.15. The Morgan fingerprint density at radius 3 is 2.59 bits per heavy atom. The fourth-order valence-electron chi connectivity index (χ4n) is 2.45. The van der Waals surface area contributed by atoms with Crippen LogP contribution >= 0.6 is 22.9 Å². The van der Waals surface area contributed by atoms with E-state index >= 15 is 0 Å². The highest BCUT2D eigenvalue weighted by atomic mass is 35.5. The van der Waals surface area contributed by atoms with Crippen LogP contribution in [0, 0.1) is 10.1 Å². The molecule has 2 aromatic carbocycles. The van der Waals surface area contributed by atoms with E-state index in [-0.39, 0.29) is 22.2 Å². The van der Waals surface area contributed by atoms with Gasteiger partial charge < -0.3 is 5.32 Å². The van der Waals surface area contributed by atoms with Crippen LogP contribution in [0.25, 0.3) is 11.3 Å². The van der Waals surface area contributed by atoms with Crippen molar-refractivity contribution in [2.75, 3.05) is 5.32 Å². The maximum Gasteiger partial charge on any atom is 0.288 e. The van der Waals surface area contributed by atoms with Gasteiger partial charge in [0.25, 0.3) is 11.6 Å². The molecule has 29 heavy (non-hydrogen) atoms. The van der Waals surface area contributed by atoms with Crippen LogP contribution in [0.1, 0.15) is 22.8 Å². The standard InChI is InChI=1S/C19H15ClN4O4S/c1-11(25)21-9-12-2-4-13(5-3-12)16-10-29-19(22-16)23-18(26)14-6-7-15(20)17(8-14)24(27)28/h2-8,10H,9H2,1H3,(H,21,25)(H,22,23,26). The number of halogens is 1. The minimum Gasteiger partial charge on any atom is -0.352 e. The molecule has 8 nitrogen and oxygen atoms in total. The molecule has 1 aromatic heterocycles. The maximum atomic E-state index is 12.4. The van der Waals surface area contributed by atoms with Crippen LogP contribution in [0.15, 0.2) is 47.8 Å². The van der Waals surface area contributed by atoms with E-state index in [1.807, 2.05) is 24.3 Å². The lowest BCUT2D eigenvalue weighted by atomic mass is 10.1. The Morgan fingerprint density at radius 2 is 1.93 bits per heavy atom. The molecular weight excluding hydrogens is 416 g/mol. The smallest absolute Gasteiger partial charge is 0.288 e. The van der Waals surface area contributed by atoms with E-state index in [4.69, 9.17) is 11.6 Å². The molecule has 0 spiro atoms. The molecule has 0 aliphatic rings. The van der Waals surface area contributed by atoms with Crippen molar-refractivity contribution < 1.29 is 14.5 Å². The second kappa shape index (κ2) is 8.80. The third kappa shape index (κ3) is 5.15. The number of nitro groups is 1. The number of benzene rings is 2. The van der Waals surface area contributed by atoms with Gasteiger partial charge in [-0.3, -0.25) is 25.0 Å². The van der Waals surface area contributed by atoms with Crippen LogP contribution in [0.5, 0.6) is 0 Å². The Balaban J connectivity index is 1.70. The molecule has 0 aliphatic carbocycles. The van der Waals surface area contributed by atoms with E-state index in [9.17, 15) is 19.7 Å². The summed E-state index contributed by atoms with van der Waals surface area (Å²) in [5, 5.41) is 18.5. The molecule has 0 atom stereocenters. The minimum atomic E-state index is -0.643. The molecule has 2 N–H and O–H groups in total. The summed E-state index contributed by atoms with van der Waals surface area (Å²) in [5.74, 6) is -0.615. The molecule has 0 saturated carbocycles. The molecule has 0 aliphatic heterocycles. The molecule has 2 amide bonds. The molecule has 0 fully saturated rings. The van der Waals surface area contributed by atoms with Gasteiger partial charge in [0.1, 0.15) is 5.02 Å². The predicted molar refractivity (Wildman–Crippen MR) is 111 cm³/mol. The second-order valence-electron chi connectivity index (χ2n) is 6.02. The number of hydrogen-bond donors (Lipinski definition) is 2. The van der Waals surface area contributed by atoms with Crippen LogP contribution in [-0.2, 0) is 11.3 Å². The van der Waals surface area contributed by atoms with Crippen molar-refractivity contribution in [2.45, 2.75) is 13.5 Å². The van der Waals surface area contributed by atoms with Gasteiger partial charge in [-0.1, -0.05) is 35.9 Å². The molecular formula is C19H15ClN4O4S. The van der Waals surface area contributed by atoms with Gasteiger partial charge in [0.15, 0.2) is 5.13 Å². The first-order valence-corrected chi connectivity index (χ1v) is 9.64. The van der Waals surface area contributed by atoms with Gasteiger partial charge in [0, 0.05) is 36.0 Å². The Bertz CT molecular complexity index is 1080. The van der Waals surface area contributed by atoms with Crippen LogP contribution < -0.4 is 10.6 Å². The largest absolute Gasteiger partial charge is 0.352 e. The third-order valence-corrected chi connectivity index (χ3v) is 5.00. The second-order valence-corrected chi connectivity index (χ2v) is 7.29. The highest BCUT2D eigenvalue weighted by molar-refractivity contribution is 7.14. The molecule has 1 heterocycles. The number of aromatic nitrogens is 1. The fourth-order valence-corrected chi connectivity index (χ4v) is 3.35. The van der Waals surface area contributed by atoms with Crippen LogP contribution in [-0.4, -0.2) is 21.7 Å². The summed E-state index contributed by atoms with van der Waals surface area (Å²) in [6, 6.07) is 11.4. The Hall–Kier alpha value is -3.30. The molecule has 3 aromatic rings. The van der Waals surface area contributed by atoms with Crippen molar-refractivity contribution in [2.24, 2.45) is 0 Å². The zero-order chi connectivity index (χ0) is 21.0. The number of carbonyl (C=O) groups is 2. The SMILES string of the molecule is CC(=O)NCc1ccc(-c2csc(NC(=O)c3ccc(Cl)c([N+](=O)[O-])c3)n2)cc1. The summed E-state index contributed by atoms with van der Waals surface area (Å²) in [5.41, 5.74) is 2.27. The van der Waals surface area contributed by atoms with Gasteiger partial charge in [0.05, 0.1) is 10.6 Å². The van der Waals surface area contributed by atoms with Gasteiger partial charge in [-0.15, -0.1) is 11.3 Å². The Labute approximate surface area is 174 Å². The summed E-state index contributed by atoms with van der Waals surface area (Å²) in [4.78, 5) is 38.1. The number of nitrogens with zero attached hydrogens (tertiary/aromatic N) is 2. The molecule has 10 heteroatoms. The molecule has 0 saturated heterocycles. The Morgan fingerprint density at radius 1 is 1.21 bits per heavy atom. The van der Waals surface area contributed by atoms with E-state index < -0.39 is 10.8 Å². The first-order chi connectivity index (χ1) is 13.8. The summed E-state index contributed by atoms with van der Waals surface area (Å²) in [6.07, 6.45) is 0. The highest BCUT2D eigenvalue weighted by Crippen LogP contribution is 2.27. The molecule has 148 valence electrons. The van der Waals surface area contributed by atoms with E-state index in [0.29, 0.717) is 17.4 Å². The summed E-state index contributed by atoms with van der Waals surface area (Å²) >= 11 is 7.01. The lowest BCUT2D eigenvalue weighted by Gasteiger charge is -2.04. The van der Waals surface area contributed by atoms with Gasteiger partial charge in [-0.25, -0.2) is 4.98 Å². The monoisotopic (exact) mass is 430 g/mol. The first kappa shape index (κ1) is 20.4. The molecule has 3 rings (SSSR count). The summed E-state index contributed by atoms with van der Waals surface area (Å²) < 4.78 is 0. The Kier molecular flexibility index (Phi) is 6.20. The maximum absolute atomic E-state index is 12.4. The summed E-state index contributed by atoms with van der Waals surface area (Å²) in [6.45, 7) is 1.91. The van der Waals surface area contributed by atoms with Crippen molar-refractivity contribution in [3.05, 3.63) is 74.1 Å². The number of carbonyl (C=O) groups excluding carboxylic acids is 2. The number of nitro benzene ring substituents is 1. The van der Waals surface area contributed by atoms with E-state index in [1.165, 1.54) is 30.4 Å². The minimum absolute atomic E-state index is 0.0370. The number of nitrogens with one attached hydrogen (secondary N) is 2. The van der Waals surface area contributed by atoms with E-state index in [0.717, 1.165) is 17.2 Å². The lowest BCUT2D eigenvalue weighted by Crippen LogP contribution is -2.18. The molecule has 0 bridgehead atoms. The summed E-state index contributed by atoms with van der Waals surface area (Å²) in [7, 11) is 0. The highest BCUT2D eigenvalue weighted by Gasteiger charge is 2.17.